The fourth-order valence-electron chi connectivity index (χ4n) is 2.73. The lowest BCUT2D eigenvalue weighted by atomic mass is 10.0. The molecule has 124 valence electrons. The Balaban J connectivity index is 2.26. The lowest BCUT2D eigenvalue weighted by molar-refractivity contribution is -0.140. The molecule has 1 aliphatic heterocycles. The predicted molar refractivity (Wildman–Crippen MR) is 86.4 cm³/mol. The number of hydrogen-bond acceptors (Lipinski definition) is 5. The van der Waals surface area contributed by atoms with E-state index in [-0.39, 0.29) is 29.1 Å². The van der Waals surface area contributed by atoms with E-state index in [9.17, 15) is 19.5 Å². The van der Waals surface area contributed by atoms with Crippen molar-refractivity contribution >= 4 is 28.8 Å². The molecule has 2 rings (SSSR count). The highest BCUT2D eigenvalue weighted by Gasteiger charge is 2.37. The molecular formula is C16H19NO5S. The molecule has 1 amide bonds. The maximum Gasteiger partial charge on any atom is 0.305 e. The Kier molecular flexibility index (Phi) is 5.65. The standard InChI is InChI=1S/C16H19NO5S/c1-10(18)23-13-7-15(19)17(9-13)14(8-16(20)21)11-4-3-5-12(6-11)22-2/h3-6,13-14H,7-9H2,1-2H3,(H,20,21). The van der Waals surface area contributed by atoms with E-state index in [1.165, 1.54) is 14.0 Å². The van der Waals surface area contributed by atoms with Crippen LogP contribution < -0.4 is 4.74 Å². The molecule has 1 N–H and O–H groups in total. The highest BCUT2D eigenvalue weighted by Crippen LogP contribution is 2.34. The lowest BCUT2D eigenvalue weighted by Crippen LogP contribution is -2.32. The van der Waals surface area contributed by atoms with Crippen molar-refractivity contribution in [3.8, 4) is 5.75 Å². The highest BCUT2D eigenvalue weighted by molar-refractivity contribution is 8.14. The second-order valence-electron chi connectivity index (χ2n) is 5.37. The monoisotopic (exact) mass is 337 g/mol. The number of carbonyl (C=O) groups is 3. The fourth-order valence-corrected chi connectivity index (χ4v) is 3.67. The van der Waals surface area contributed by atoms with Crippen LogP contribution in [0.4, 0.5) is 0 Å². The van der Waals surface area contributed by atoms with Crippen molar-refractivity contribution < 1.29 is 24.2 Å². The molecule has 23 heavy (non-hydrogen) atoms. The van der Waals surface area contributed by atoms with Crippen molar-refractivity contribution in [1.82, 2.24) is 4.90 Å². The van der Waals surface area contributed by atoms with Crippen molar-refractivity contribution in [2.24, 2.45) is 0 Å². The Morgan fingerprint density at radius 1 is 1.48 bits per heavy atom. The largest absolute Gasteiger partial charge is 0.497 e. The van der Waals surface area contributed by atoms with E-state index in [1.807, 2.05) is 0 Å². The molecule has 0 bridgehead atoms. The van der Waals surface area contributed by atoms with Crippen LogP contribution in [0.5, 0.6) is 5.75 Å². The van der Waals surface area contributed by atoms with Gasteiger partial charge >= 0.3 is 5.97 Å². The first-order chi connectivity index (χ1) is 10.9. The number of thioether (sulfide) groups is 1. The fraction of sp³-hybridized carbons (Fsp3) is 0.438. The van der Waals surface area contributed by atoms with E-state index in [0.29, 0.717) is 17.9 Å². The van der Waals surface area contributed by atoms with Crippen LogP contribution in [0.15, 0.2) is 24.3 Å². The number of benzene rings is 1. The van der Waals surface area contributed by atoms with Crippen LogP contribution >= 0.6 is 11.8 Å². The van der Waals surface area contributed by atoms with Crippen LogP contribution in [0.2, 0.25) is 0 Å². The number of carboxylic acid groups (broad SMARTS) is 1. The van der Waals surface area contributed by atoms with Crippen molar-refractivity contribution in [1.29, 1.82) is 0 Å². The molecule has 2 atom stereocenters. The number of ether oxygens (including phenoxy) is 1. The van der Waals surface area contributed by atoms with E-state index in [2.05, 4.69) is 0 Å². The summed E-state index contributed by atoms with van der Waals surface area (Å²) in [6, 6.07) is 6.50. The molecule has 7 heteroatoms. The van der Waals surface area contributed by atoms with E-state index in [0.717, 1.165) is 11.8 Å². The molecule has 0 aromatic heterocycles. The zero-order valence-corrected chi connectivity index (χ0v) is 13.8. The van der Waals surface area contributed by atoms with Gasteiger partial charge in [0.05, 0.1) is 19.6 Å². The van der Waals surface area contributed by atoms with Gasteiger partial charge in [-0.3, -0.25) is 14.4 Å². The average Bonchev–Trinajstić information content (AvgIpc) is 2.84. The first kappa shape index (κ1) is 17.3. The topological polar surface area (TPSA) is 83.9 Å². The van der Waals surface area contributed by atoms with Gasteiger partial charge in [0.25, 0.3) is 0 Å². The van der Waals surface area contributed by atoms with Crippen LogP contribution in [-0.4, -0.2) is 45.9 Å². The van der Waals surface area contributed by atoms with Crippen molar-refractivity contribution in [2.75, 3.05) is 13.7 Å². The van der Waals surface area contributed by atoms with Crippen molar-refractivity contribution in [2.45, 2.75) is 31.1 Å². The summed E-state index contributed by atoms with van der Waals surface area (Å²) in [4.78, 5) is 36.3. The molecule has 0 spiro atoms. The van der Waals surface area contributed by atoms with Gasteiger partial charge in [-0.25, -0.2) is 0 Å². The quantitative estimate of drug-likeness (QED) is 0.856. The maximum atomic E-state index is 12.3. The molecule has 1 heterocycles. The van der Waals surface area contributed by atoms with Gasteiger partial charge in [0.15, 0.2) is 5.12 Å². The zero-order valence-electron chi connectivity index (χ0n) is 13.0. The number of amides is 1. The summed E-state index contributed by atoms with van der Waals surface area (Å²) in [7, 11) is 1.53. The van der Waals surface area contributed by atoms with Crippen molar-refractivity contribution in [3.05, 3.63) is 29.8 Å². The normalized spacial score (nSPS) is 18.8. The molecule has 6 nitrogen and oxygen atoms in total. The van der Waals surface area contributed by atoms with Crippen LogP contribution in [0.1, 0.15) is 31.4 Å². The van der Waals surface area contributed by atoms with Gasteiger partial charge in [-0.05, 0) is 17.7 Å². The van der Waals surface area contributed by atoms with Crippen LogP contribution in [0.25, 0.3) is 0 Å². The third kappa shape index (κ3) is 4.48. The van der Waals surface area contributed by atoms with Gasteiger partial charge in [-0.1, -0.05) is 23.9 Å². The lowest BCUT2D eigenvalue weighted by Gasteiger charge is -2.27. The van der Waals surface area contributed by atoms with E-state index in [4.69, 9.17) is 4.74 Å². The molecule has 0 saturated carbocycles. The number of carbonyl (C=O) groups excluding carboxylic acids is 2. The Morgan fingerprint density at radius 2 is 2.22 bits per heavy atom. The maximum absolute atomic E-state index is 12.3. The van der Waals surface area contributed by atoms with E-state index in [1.54, 1.807) is 29.2 Å². The molecule has 1 aromatic rings. The number of methoxy groups -OCH3 is 1. The Morgan fingerprint density at radius 3 is 2.83 bits per heavy atom. The van der Waals surface area contributed by atoms with Gasteiger partial charge in [-0.2, -0.15) is 0 Å². The smallest absolute Gasteiger partial charge is 0.305 e. The SMILES string of the molecule is COc1cccc(C(CC(=O)O)N2CC(SC(C)=O)CC2=O)c1. The molecule has 1 saturated heterocycles. The minimum atomic E-state index is -0.978. The van der Waals surface area contributed by atoms with Gasteiger partial charge in [0.1, 0.15) is 5.75 Å². The molecule has 0 aliphatic carbocycles. The second kappa shape index (κ2) is 7.50. The first-order valence-electron chi connectivity index (χ1n) is 7.23. The van der Waals surface area contributed by atoms with Gasteiger partial charge < -0.3 is 14.7 Å². The summed E-state index contributed by atoms with van der Waals surface area (Å²) in [6.07, 6.45) is 0.0701. The number of likely N-dealkylation sites (tertiary alicyclic amines) is 1. The Labute approximate surface area is 138 Å². The average molecular weight is 337 g/mol. The summed E-state index contributed by atoms with van der Waals surface area (Å²) in [6.45, 7) is 1.84. The van der Waals surface area contributed by atoms with Crippen LogP contribution in [0.3, 0.4) is 0 Å². The van der Waals surface area contributed by atoms with Gasteiger partial charge in [-0.15, -0.1) is 0 Å². The number of hydrogen-bond donors (Lipinski definition) is 1. The number of carboxylic acids is 1. The zero-order chi connectivity index (χ0) is 17.0. The second-order valence-corrected chi connectivity index (χ2v) is 6.85. The molecule has 1 fully saturated rings. The third-order valence-electron chi connectivity index (χ3n) is 3.68. The number of rotatable bonds is 6. The summed E-state index contributed by atoms with van der Waals surface area (Å²) < 4.78 is 5.17. The summed E-state index contributed by atoms with van der Waals surface area (Å²) in [5, 5.41) is 9.04. The molecule has 0 radical (unpaired) electrons. The Hall–Kier alpha value is -2.02. The Bertz CT molecular complexity index is 618. The first-order valence-corrected chi connectivity index (χ1v) is 8.11. The highest BCUT2D eigenvalue weighted by atomic mass is 32.2. The van der Waals surface area contributed by atoms with Crippen molar-refractivity contribution in [3.63, 3.8) is 0 Å². The van der Waals surface area contributed by atoms with E-state index < -0.39 is 12.0 Å². The molecule has 1 aromatic carbocycles. The number of aliphatic carboxylic acids is 1. The summed E-state index contributed by atoms with van der Waals surface area (Å²) in [5.41, 5.74) is 0.716. The molecular weight excluding hydrogens is 318 g/mol. The van der Waals surface area contributed by atoms with Gasteiger partial charge in [0, 0.05) is 25.1 Å². The minimum absolute atomic E-state index is 0.0409. The molecule has 2 unspecified atom stereocenters. The predicted octanol–water partition coefficient (Wildman–Crippen LogP) is 2.09. The van der Waals surface area contributed by atoms with Gasteiger partial charge in [0.2, 0.25) is 5.91 Å². The molecule has 1 aliphatic rings. The summed E-state index contributed by atoms with van der Waals surface area (Å²) in [5.74, 6) is -0.495. The van der Waals surface area contributed by atoms with Crippen LogP contribution in [-0.2, 0) is 14.4 Å². The minimum Gasteiger partial charge on any atom is -0.497 e. The summed E-state index contributed by atoms with van der Waals surface area (Å²) >= 11 is 1.14. The van der Waals surface area contributed by atoms with Crippen LogP contribution in [0, 0.1) is 0 Å². The van der Waals surface area contributed by atoms with E-state index >= 15 is 0 Å². The third-order valence-corrected chi connectivity index (χ3v) is 4.66. The number of nitrogens with zero attached hydrogens (tertiary/aromatic N) is 1.